The number of ether oxygens (including phenoxy) is 1. The summed E-state index contributed by atoms with van der Waals surface area (Å²) in [5, 5.41) is 2.94. The molecule has 0 fully saturated rings. The van der Waals surface area contributed by atoms with Gasteiger partial charge in [-0.1, -0.05) is 12.2 Å². The summed E-state index contributed by atoms with van der Waals surface area (Å²) in [6.07, 6.45) is 1.57. The lowest BCUT2D eigenvalue weighted by Gasteiger charge is -2.11. The van der Waals surface area contributed by atoms with E-state index in [-0.39, 0.29) is 9.46 Å². The number of rotatable bonds is 5. The van der Waals surface area contributed by atoms with E-state index in [0.29, 0.717) is 29.4 Å². The number of nitrogens with one attached hydrogen (secondary N) is 1. The zero-order valence-corrected chi connectivity index (χ0v) is 13.6. The van der Waals surface area contributed by atoms with Gasteiger partial charge in [0.25, 0.3) is 0 Å². The van der Waals surface area contributed by atoms with Crippen LogP contribution >= 0.6 is 28.1 Å². The monoisotopic (exact) mass is 369 g/mol. The zero-order valence-electron chi connectivity index (χ0n) is 11.2. The highest BCUT2D eigenvalue weighted by Crippen LogP contribution is 2.29. The Morgan fingerprint density at radius 1 is 1.43 bits per heavy atom. The summed E-state index contributed by atoms with van der Waals surface area (Å²) in [4.78, 5) is 4.24. The first-order valence-corrected chi connectivity index (χ1v) is 7.36. The van der Waals surface area contributed by atoms with Crippen LogP contribution in [0.1, 0.15) is 12.5 Å². The number of pyridine rings is 1. The maximum Gasteiger partial charge on any atom is 0.213 e. The van der Waals surface area contributed by atoms with Gasteiger partial charge in [-0.25, -0.2) is 9.37 Å². The van der Waals surface area contributed by atoms with Gasteiger partial charge >= 0.3 is 0 Å². The number of nitrogens with zero attached hydrogens (tertiary/aromatic N) is 1. The topological polar surface area (TPSA) is 60.2 Å². The van der Waals surface area contributed by atoms with Crippen LogP contribution in [0.4, 0.5) is 15.8 Å². The molecule has 7 heteroatoms. The quantitative estimate of drug-likeness (QED) is 0.785. The van der Waals surface area contributed by atoms with E-state index < -0.39 is 5.82 Å². The standard InChI is InChI=1S/C14H13BrFN3OS/c1-2-20-11-6-3-8(7-18-11)19-10-5-4-9(14(17)21)12(15)13(10)16/h3-7,19H,2H2,1H3,(H2,17,21). The van der Waals surface area contributed by atoms with Crippen molar-refractivity contribution in [1.29, 1.82) is 0 Å². The first-order chi connectivity index (χ1) is 10.0. The second kappa shape index (κ2) is 6.82. The fourth-order valence-electron chi connectivity index (χ4n) is 1.68. The normalized spacial score (nSPS) is 10.2. The highest BCUT2D eigenvalue weighted by atomic mass is 79.9. The summed E-state index contributed by atoms with van der Waals surface area (Å²) in [6.45, 7) is 2.42. The van der Waals surface area contributed by atoms with Crippen molar-refractivity contribution in [2.75, 3.05) is 11.9 Å². The van der Waals surface area contributed by atoms with Gasteiger partial charge in [0.2, 0.25) is 5.88 Å². The predicted molar refractivity (Wildman–Crippen MR) is 88.7 cm³/mol. The van der Waals surface area contributed by atoms with E-state index in [1.54, 1.807) is 30.5 Å². The smallest absolute Gasteiger partial charge is 0.213 e. The number of hydrogen-bond donors (Lipinski definition) is 2. The molecule has 3 N–H and O–H groups in total. The molecule has 0 aliphatic heterocycles. The summed E-state index contributed by atoms with van der Waals surface area (Å²) in [7, 11) is 0. The number of halogens is 2. The van der Waals surface area contributed by atoms with Gasteiger partial charge in [-0.05, 0) is 41.1 Å². The predicted octanol–water partition coefficient (Wildman–Crippen LogP) is 3.76. The molecule has 1 heterocycles. The van der Waals surface area contributed by atoms with Crippen molar-refractivity contribution in [3.8, 4) is 5.88 Å². The molecule has 2 aromatic rings. The molecule has 2 rings (SSSR count). The molecule has 1 aromatic heterocycles. The molecule has 0 unspecified atom stereocenters. The van der Waals surface area contributed by atoms with E-state index in [0.717, 1.165) is 0 Å². The summed E-state index contributed by atoms with van der Waals surface area (Å²) in [5.41, 5.74) is 6.92. The molecule has 0 bridgehead atoms. The van der Waals surface area contributed by atoms with Crippen molar-refractivity contribution >= 4 is 44.5 Å². The van der Waals surface area contributed by atoms with Gasteiger partial charge in [0.05, 0.1) is 28.7 Å². The fourth-order valence-corrected chi connectivity index (χ4v) is 2.54. The maximum absolute atomic E-state index is 14.2. The molecule has 0 radical (unpaired) electrons. The molecular weight excluding hydrogens is 357 g/mol. The van der Waals surface area contributed by atoms with Crippen molar-refractivity contribution in [1.82, 2.24) is 4.98 Å². The van der Waals surface area contributed by atoms with Crippen LogP contribution in [0, 0.1) is 5.82 Å². The fraction of sp³-hybridized carbons (Fsp3) is 0.143. The van der Waals surface area contributed by atoms with Crippen LogP contribution in [-0.2, 0) is 0 Å². The number of nitrogens with two attached hydrogens (primary N) is 1. The number of thiocarbonyl (C=S) groups is 1. The summed E-state index contributed by atoms with van der Waals surface area (Å²) in [6, 6.07) is 6.69. The lowest BCUT2D eigenvalue weighted by molar-refractivity contribution is 0.327. The van der Waals surface area contributed by atoms with Crippen LogP contribution in [0.15, 0.2) is 34.9 Å². The molecule has 0 spiro atoms. The third-order valence-electron chi connectivity index (χ3n) is 2.66. The molecule has 0 saturated carbocycles. The molecule has 110 valence electrons. The molecule has 0 aliphatic rings. The number of hydrogen-bond acceptors (Lipinski definition) is 4. The van der Waals surface area contributed by atoms with Crippen molar-refractivity contribution in [3.63, 3.8) is 0 Å². The van der Waals surface area contributed by atoms with Crippen molar-refractivity contribution in [3.05, 3.63) is 46.3 Å². The average molecular weight is 370 g/mol. The number of aromatic nitrogens is 1. The van der Waals surface area contributed by atoms with Crippen LogP contribution in [0.3, 0.4) is 0 Å². The van der Waals surface area contributed by atoms with Crippen molar-refractivity contribution < 1.29 is 9.13 Å². The number of benzene rings is 1. The van der Waals surface area contributed by atoms with Crippen LogP contribution < -0.4 is 15.8 Å². The molecular formula is C14H13BrFN3OS. The first-order valence-electron chi connectivity index (χ1n) is 6.16. The Morgan fingerprint density at radius 3 is 2.76 bits per heavy atom. The van der Waals surface area contributed by atoms with Crippen LogP contribution in [-0.4, -0.2) is 16.6 Å². The van der Waals surface area contributed by atoms with Gasteiger partial charge in [0.1, 0.15) is 4.99 Å². The molecule has 0 aliphatic carbocycles. The highest BCUT2D eigenvalue weighted by Gasteiger charge is 2.13. The molecule has 21 heavy (non-hydrogen) atoms. The van der Waals surface area contributed by atoms with Gasteiger partial charge in [-0.15, -0.1) is 0 Å². The van der Waals surface area contributed by atoms with Crippen LogP contribution in [0.25, 0.3) is 0 Å². The summed E-state index contributed by atoms with van der Waals surface area (Å²) in [5.74, 6) is 0.0581. The summed E-state index contributed by atoms with van der Waals surface area (Å²) < 4.78 is 19.7. The average Bonchev–Trinajstić information content (AvgIpc) is 2.46. The largest absolute Gasteiger partial charge is 0.478 e. The van der Waals surface area contributed by atoms with E-state index in [4.69, 9.17) is 22.7 Å². The minimum absolute atomic E-state index is 0.134. The Morgan fingerprint density at radius 2 is 2.19 bits per heavy atom. The van der Waals surface area contributed by atoms with Crippen LogP contribution in [0.2, 0.25) is 0 Å². The van der Waals surface area contributed by atoms with E-state index in [1.165, 1.54) is 0 Å². The Labute approximate surface area is 135 Å². The van der Waals surface area contributed by atoms with E-state index in [9.17, 15) is 4.39 Å². The van der Waals surface area contributed by atoms with Gasteiger partial charge in [-0.2, -0.15) is 0 Å². The Bertz CT molecular complexity index is 664. The Kier molecular flexibility index (Phi) is 5.08. The SMILES string of the molecule is CCOc1ccc(Nc2ccc(C(N)=S)c(Br)c2F)cn1. The number of anilines is 2. The van der Waals surface area contributed by atoms with E-state index in [2.05, 4.69) is 26.2 Å². The second-order valence-electron chi connectivity index (χ2n) is 4.10. The minimum Gasteiger partial charge on any atom is -0.478 e. The summed E-state index contributed by atoms with van der Waals surface area (Å²) >= 11 is 8.02. The van der Waals surface area contributed by atoms with Gasteiger partial charge in [0.15, 0.2) is 5.82 Å². The first kappa shape index (κ1) is 15.7. The molecule has 0 saturated heterocycles. The minimum atomic E-state index is -0.464. The highest BCUT2D eigenvalue weighted by molar-refractivity contribution is 9.10. The lowest BCUT2D eigenvalue weighted by atomic mass is 10.2. The van der Waals surface area contributed by atoms with E-state index in [1.807, 2.05) is 6.92 Å². The third kappa shape index (κ3) is 3.68. The second-order valence-corrected chi connectivity index (χ2v) is 5.33. The van der Waals surface area contributed by atoms with Gasteiger partial charge < -0.3 is 15.8 Å². The van der Waals surface area contributed by atoms with Gasteiger partial charge in [0, 0.05) is 11.6 Å². The molecule has 4 nitrogen and oxygen atoms in total. The van der Waals surface area contributed by atoms with Crippen LogP contribution in [0.5, 0.6) is 5.88 Å². The van der Waals surface area contributed by atoms with Crippen molar-refractivity contribution in [2.24, 2.45) is 5.73 Å². The Hall–Kier alpha value is -1.73. The zero-order chi connectivity index (χ0) is 15.4. The lowest BCUT2D eigenvalue weighted by Crippen LogP contribution is -2.11. The van der Waals surface area contributed by atoms with Crippen molar-refractivity contribution in [2.45, 2.75) is 6.92 Å². The van der Waals surface area contributed by atoms with E-state index >= 15 is 0 Å². The Balaban J connectivity index is 2.23. The van der Waals surface area contributed by atoms with Gasteiger partial charge in [-0.3, -0.25) is 0 Å². The molecule has 0 atom stereocenters. The molecule has 0 amide bonds. The molecule has 1 aromatic carbocycles. The third-order valence-corrected chi connectivity index (χ3v) is 3.65. The maximum atomic E-state index is 14.2.